The summed E-state index contributed by atoms with van der Waals surface area (Å²) in [6.07, 6.45) is 0.237. The molecule has 0 saturated carbocycles. The van der Waals surface area contributed by atoms with Gasteiger partial charge in [-0.1, -0.05) is 6.07 Å². The van der Waals surface area contributed by atoms with Crippen molar-refractivity contribution in [3.05, 3.63) is 29.6 Å². The molecule has 0 spiro atoms. The van der Waals surface area contributed by atoms with Crippen LogP contribution in [0.1, 0.15) is 17.8 Å². The molecule has 1 N–H and O–H groups in total. The van der Waals surface area contributed by atoms with Gasteiger partial charge in [-0.3, -0.25) is 24.8 Å². The Morgan fingerprint density at radius 3 is 2.82 bits per heavy atom. The predicted octanol–water partition coefficient (Wildman–Crippen LogP) is 0.237. The minimum Gasteiger partial charge on any atom is -0.300 e. The predicted molar refractivity (Wildman–Crippen MR) is 62.0 cm³/mol. The highest BCUT2D eigenvalue weighted by Gasteiger charge is 2.35. The standard InChI is InChI=1S/C12H15N3O2/c1-8-4-3-5-9(14-8)7-13-10-6-11(16)15(2)12(10)17/h3-5,10,13H,6-7H2,1-2H3. The highest BCUT2D eigenvalue weighted by Crippen LogP contribution is 2.11. The van der Waals surface area contributed by atoms with Gasteiger partial charge in [0.15, 0.2) is 0 Å². The van der Waals surface area contributed by atoms with Crippen molar-refractivity contribution in [1.29, 1.82) is 0 Å². The second kappa shape index (κ2) is 4.63. The summed E-state index contributed by atoms with van der Waals surface area (Å²) >= 11 is 0. The summed E-state index contributed by atoms with van der Waals surface area (Å²) in [5.74, 6) is -0.299. The molecule has 0 aliphatic carbocycles. The molecule has 2 heterocycles. The average molecular weight is 233 g/mol. The number of nitrogens with one attached hydrogen (secondary N) is 1. The number of hydrogen-bond acceptors (Lipinski definition) is 4. The van der Waals surface area contributed by atoms with E-state index in [1.165, 1.54) is 11.9 Å². The number of aromatic nitrogens is 1. The van der Waals surface area contributed by atoms with E-state index in [-0.39, 0.29) is 18.2 Å². The van der Waals surface area contributed by atoms with E-state index >= 15 is 0 Å². The van der Waals surface area contributed by atoms with Crippen molar-refractivity contribution in [2.24, 2.45) is 0 Å². The number of aryl methyl sites for hydroxylation is 1. The van der Waals surface area contributed by atoms with Gasteiger partial charge in [0, 0.05) is 19.3 Å². The van der Waals surface area contributed by atoms with Crippen LogP contribution in [0.25, 0.3) is 0 Å². The fraction of sp³-hybridized carbons (Fsp3) is 0.417. The van der Waals surface area contributed by atoms with Crippen molar-refractivity contribution in [2.45, 2.75) is 25.9 Å². The third-order valence-corrected chi connectivity index (χ3v) is 2.86. The van der Waals surface area contributed by atoms with E-state index in [1.54, 1.807) is 0 Å². The lowest BCUT2D eigenvalue weighted by Gasteiger charge is -2.10. The molecule has 5 heteroatoms. The average Bonchev–Trinajstić information content (AvgIpc) is 2.54. The quantitative estimate of drug-likeness (QED) is 0.759. The monoisotopic (exact) mass is 233 g/mol. The van der Waals surface area contributed by atoms with E-state index in [1.807, 2.05) is 25.1 Å². The van der Waals surface area contributed by atoms with Gasteiger partial charge in [-0.15, -0.1) is 0 Å². The van der Waals surface area contributed by atoms with Crippen LogP contribution in [0.5, 0.6) is 0 Å². The van der Waals surface area contributed by atoms with E-state index in [2.05, 4.69) is 10.3 Å². The number of carbonyl (C=O) groups excluding carboxylic acids is 2. The van der Waals surface area contributed by atoms with Crippen LogP contribution in [-0.2, 0) is 16.1 Å². The second-order valence-corrected chi connectivity index (χ2v) is 4.20. The molecule has 1 aliphatic heterocycles. The van der Waals surface area contributed by atoms with Crippen molar-refractivity contribution < 1.29 is 9.59 Å². The topological polar surface area (TPSA) is 62.3 Å². The highest BCUT2D eigenvalue weighted by atomic mass is 16.2. The molecule has 5 nitrogen and oxygen atoms in total. The number of amides is 2. The van der Waals surface area contributed by atoms with E-state index in [0.29, 0.717) is 6.54 Å². The Kier molecular flexibility index (Phi) is 3.19. The van der Waals surface area contributed by atoms with Gasteiger partial charge in [-0.2, -0.15) is 0 Å². The molecular weight excluding hydrogens is 218 g/mol. The van der Waals surface area contributed by atoms with Crippen molar-refractivity contribution in [2.75, 3.05) is 7.05 Å². The normalized spacial score (nSPS) is 20.1. The summed E-state index contributed by atoms with van der Waals surface area (Å²) in [6.45, 7) is 2.42. The van der Waals surface area contributed by atoms with Crippen LogP contribution in [0, 0.1) is 6.92 Å². The van der Waals surface area contributed by atoms with Crippen LogP contribution in [0.2, 0.25) is 0 Å². The van der Waals surface area contributed by atoms with Crippen molar-refractivity contribution in [3.8, 4) is 0 Å². The zero-order valence-electron chi connectivity index (χ0n) is 9.93. The van der Waals surface area contributed by atoms with Crippen LogP contribution >= 0.6 is 0 Å². The first-order chi connectivity index (χ1) is 8.08. The minimum absolute atomic E-state index is 0.135. The second-order valence-electron chi connectivity index (χ2n) is 4.20. The molecule has 1 saturated heterocycles. The first-order valence-electron chi connectivity index (χ1n) is 5.54. The van der Waals surface area contributed by atoms with Crippen molar-refractivity contribution in [1.82, 2.24) is 15.2 Å². The Balaban J connectivity index is 1.95. The third-order valence-electron chi connectivity index (χ3n) is 2.86. The van der Waals surface area contributed by atoms with Gasteiger partial charge in [0.05, 0.1) is 18.2 Å². The number of rotatable bonds is 3. The van der Waals surface area contributed by atoms with Gasteiger partial charge >= 0.3 is 0 Å². The van der Waals surface area contributed by atoms with Gasteiger partial charge in [-0.25, -0.2) is 0 Å². The number of likely N-dealkylation sites (tertiary alicyclic amines) is 1. The van der Waals surface area contributed by atoms with Crippen LogP contribution in [0.15, 0.2) is 18.2 Å². The van der Waals surface area contributed by atoms with Gasteiger partial charge in [0.25, 0.3) is 0 Å². The molecular formula is C12H15N3O2. The molecule has 1 aliphatic rings. The molecule has 1 aromatic heterocycles. The zero-order chi connectivity index (χ0) is 12.4. The Morgan fingerprint density at radius 1 is 1.47 bits per heavy atom. The summed E-state index contributed by atoms with van der Waals surface area (Å²) < 4.78 is 0. The summed E-state index contributed by atoms with van der Waals surface area (Å²) in [5, 5.41) is 3.06. The van der Waals surface area contributed by atoms with Gasteiger partial charge in [0.1, 0.15) is 0 Å². The molecule has 17 heavy (non-hydrogen) atoms. The molecule has 1 aromatic rings. The number of nitrogens with zero attached hydrogens (tertiary/aromatic N) is 2. The SMILES string of the molecule is Cc1cccc(CNC2CC(=O)N(C)C2=O)n1. The lowest BCUT2D eigenvalue weighted by atomic mass is 10.2. The first-order valence-corrected chi connectivity index (χ1v) is 5.54. The van der Waals surface area contributed by atoms with Gasteiger partial charge in [-0.05, 0) is 19.1 Å². The number of hydrogen-bond donors (Lipinski definition) is 1. The molecule has 2 amide bonds. The first kappa shape index (κ1) is 11.7. The molecule has 1 atom stereocenters. The Hall–Kier alpha value is -1.75. The molecule has 0 aromatic carbocycles. The Bertz CT molecular complexity index is 459. The maximum atomic E-state index is 11.6. The molecule has 90 valence electrons. The summed E-state index contributed by atoms with van der Waals surface area (Å²) in [7, 11) is 1.51. The fourth-order valence-electron chi connectivity index (χ4n) is 1.84. The minimum atomic E-state index is -0.408. The Morgan fingerprint density at radius 2 is 2.24 bits per heavy atom. The molecule has 1 fully saturated rings. The molecule has 2 rings (SSSR count). The van der Waals surface area contributed by atoms with E-state index in [9.17, 15) is 9.59 Å². The maximum Gasteiger partial charge on any atom is 0.246 e. The van der Waals surface area contributed by atoms with Crippen LogP contribution < -0.4 is 5.32 Å². The smallest absolute Gasteiger partial charge is 0.246 e. The van der Waals surface area contributed by atoms with E-state index < -0.39 is 6.04 Å². The highest BCUT2D eigenvalue weighted by molar-refractivity contribution is 6.05. The van der Waals surface area contributed by atoms with Crippen LogP contribution in [-0.4, -0.2) is 34.8 Å². The van der Waals surface area contributed by atoms with Crippen molar-refractivity contribution in [3.63, 3.8) is 0 Å². The Labute approximate surface area is 99.8 Å². The number of imide groups is 1. The lowest BCUT2D eigenvalue weighted by Crippen LogP contribution is -2.36. The van der Waals surface area contributed by atoms with Crippen molar-refractivity contribution >= 4 is 11.8 Å². The van der Waals surface area contributed by atoms with Gasteiger partial charge in [0.2, 0.25) is 11.8 Å². The molecule has 0 radical (unpaired) electrons. The van der Waals surface area contributed by atoms with Crippen LogP contribution in [0.4, 0.5) is 0 Å². The summed E-state index contributed by atoms with van der Waals surface area (Å²) in [4.78, 5) is 28.4. The summed E-state index contributed by atoms with van der Waals surface area (Å²) in [6, 6.07) is 5.33. The van der Waals surface area contributed by atoms with Crippen LogP contribution in [0.3, 0.4) is 0 Å². The number of pyridine rings is 1. The lowest BCUT2D eigenvalue weighted by molar-refractivity contribution is -0.137. The maximum absolute atomic E-state index is 11.6. The molecule has 0 bridgehead atoms. The number of likely N-dealkylation sites (N-methyl/N-ethyl adjacent to an activating group) is 1. The third kappa shape index (κ3) is 2.50. The number of carbonyl (C=O) groups is 2. The molecule has 1 unspecified atom stereocenters. The zero-order valence-corrected chi connectivity index (χ0v) is 9.93. The summed E-state index contributed by atoms with van der Waals surface area (Å²) in [5.41, 5.74) is 1.81. The fourth-order valence-corrected chi connectivity index (χ4v) is 1.84. The van der Waals surface area contributed by atoms with E-state index in [0.717, 1.165) is 11.4 Å². The van der Waals surface area contributed by atoms with E-state index in [4.69, 9.17) is 0 Å². The largest absolute Gasteiger partial charge is 0.300 e. The van der Waals surface area contributed by atoms with Gasteiger partial charge < -0.3 is 0 Å².